The lowest BCUT2D eigenvalue weighted by molar-refractivity contribution is -0.130. The molecule has 1 saturated heterocycles. The third-order valence-electron chi connectivity index (χ3n) is 3.86. The molecule has 114 valence electrons. The molecule has 1 aromatic carbocycles. The topological polar surface area (TPSA) is 40.6 Å². The van der Waals surface area contributed by atoms with Crippen LogP contribution in [0.15, 0.2) is 24.3 Å². The minimum Gasteiger partial charge on any atom is -0.368 e. The molecule has 0 aromatic heterocycles. The van der Waals surface area contributed by atoms with Gasteiger partial charge in [0.25, 0.3) is 0 Å². The third kappa shape index (κ3) is 3.84. The van der Waals surface area contributed by atoms with Gasteiger partial charge in [0.2, 0.25) is 5.91 Å². The van der Waals surface area contributed by atoms with Gasteiger partial charge in [0.15, 0.2) is 5.78 Å². The number of piperazine rings is 1. The lowest BCUT2D eigenvalue weighted by atomic mass is 10.1. The van der Waals surface area contributed by atoms with Crippen LogP contribution >= 0.6 is 15.9 Å². The van der Waals surface area contributed by atoms with Crippen molar-refractivity contribution < 1.29 is 9.59 Å². The van der Waals surface area contributed by atoms with Crippen LogP contribution in [0.3, 0.4) is 0 Å². The van der Waals surface area contributed by atoms with Crippen LogP contribution < -0.4 is 4.90 Å². The quantitative estimate of drug-likeness (QED) is 0.617. The van der Waals surface area contributed by atoms with Crippen LogP contribution in [0, 0.1) is 0 Å². The monoisotopic (exact) mass is 352 g/mol. The normalized spacial score (nSPS) is 16.7. The summed E-state index contributed by atoms with van der Waals surface area (Å²) in [6.45, 7) is 6.72. The molecule has 0 N–H and O–H groups in total. The van der Waals surface area contributed by atoms with Crippen LogP contribution in [0.4, 0.5) is 5.69 Å². The number of carbonyl (C=O) groups excluding carboxylic acids is 2. The van der Waals surface area contributed by atoms with Crippen molar-refractivity contribution in [2.75, 3.05) is 31.1 Å². The number of rotatable bonds is 4. The molecule has 0 aliphatic carbocycles. The Balaban J connectivity index is 1.94. The highest BCUT2D eigenvalue weighted by Crippen LogP contribution is 2.19. The molecular weight excluding hydrogens is 332 g/mol. The number of hydrogen-bond donors (Lipinski definition) is 0. The number of alkyl halides is 1. The predicted molar refractivity (Wildman–Crippen MR) is 88.2 cm³/mol. The summed E-state index contributed by atoms with van der Waals surface area (Å²) in [6.07, 6.45) is 0.811. The van der Waals surface area contributed by atoms with Gasteiger partial charge in [-0.2, -0.15) is 0 Å². The van der Waals surface area contributed by atoms with Gasteiger partial charge in [-0.1, -0.05) is 22.9 Å². The predicted octanol–water partition coefficient (Wildman–Crippen LogP) is 2.71. The number of hydrogen-bond acceptors (Lipinski definition) is 3. The Morgan fingerprint density at radius 1 is 1.14 bits per heavy atom. The number of ketones is 1. The number of Topliss-reactive ketones (excluding diaryl/α,β-unsaturated/α-hetero) is 1. The van der Waals surface area contributed by atoms with Gasteiger partial charge in [-0.05, 0) is 37.6 Å². The van der Waals surface area contributed by atoms with Crippen molar-refractivity contribution in [3.05, 3.63) is 29.8 Å². The summed E-state index contributed by atoms with van der Waals surface area (Å²) in [6, 6.07) is 7.68. The summed E-state index contributed by atoms with van der Waals surface area (Å²) < 4.78 is 0. The van der Waals surface area contributed by atoms with Crippen LogP contribution in [0.1, 0.15) is 30.6 Å². The smallest absolute Gasteiger partial charge is 0.236 e. The molecule has 1 fully saturated rings. The SMILES string of the molecule is CCC(Br)C(=O)N1CCN(c2ccc(C(C)=O)cc2)CC1. The molecule has 1 aliphatic rings. The molecule has 0 spiro atoms. The number of anilines is 1. The fourth-order valence-electron chi connectivity index (χ4n) is 2.46. The van der Waals surface area contributed by atoms with Crippen LogP contribution in [0.25, 0.3) is 0 Å². The minimum absolute atomic E-state index is 0.0705. The van der Waals surface area contributed by atoms with Gasteiger partial charge >= 0.3 is 0 Å². The summed E-state index contributed by atoms with van der Waals surface area (Å²) in [7, 11) is 0. The number of nitrogens with zero attached hydrogens (tertiary/aromatic N) is 2. The number of halogens is 1. The van der Waals surface area contributed by atoms with Crippen molar-refractivity contribution >= 4 is 33.3 Å². The molecule has 2 rings (SSSR count). The molecular formula is C16H21BrN2O2. The van der Waals surface area contributed by atoms with Gasteiger partial charge in [-0.3, -0.25) is 9.59 Å². The lowest BCUT2D eigenvalue weighted by Gasteiger charge is -2.37. The van der Waals surface area contributed by atoms with Gasteiger partial charge in [0, 0.05) is 37.4 Å². The second-order valence-corrected chi connectivity index (χ2v) is 6.40. The van der Waals surface area contributed by atoms with Crippen molar-refractivity contribution in [1.29, 1.82) is 0 Å². The molecule has 4 nitrogen and oxygen atoms in total. The summed E-state index contributed by atoms with van der Waals surface area (Å²) in [5, 5.41) is 0. The minimum atomic E-state index is -0.0705. The van der Waals surface area contributed by atoms with Crippen molar-refractivity contribution in [2.45, 2.75) is 25.1 Å². The van der Waals surface area contributed by atoms with Gasteiger partial charge in [0.1, 0.15) is 0 Å². The highest BCUT2D eigenvalue weighted by Gasteiger charge is 2.24. The molecule has 0 bridgehead atoms. The molecule has 0 saturated carbocycles. The summed E-state index contributed by atoms with van der Waals surface area (Å²) >= 11 is 3.42. The van der Waals surface area contributed by atoms with Crippen molar-refractivity contribution in [1.82, 2.24) is 4.90 Å². The molecule has 1 amide bonds. The fourth-order valence-corrected chi connectivity index (χ4v) is 2.75. The van der Waals surface area contributed by atoms with Crippen LogP contribution in [0.5, 0.6) is 0 Å². The van der Waals surface area contributed by atoms with Gasteiger partial charge in [-0.15, -0.1) is 0 Å². The molecule has 1 aliphatic heterocycles. The number of carbonyl (C=O) groups is 2. The second-order valence-electron chi connectivity index (χ2n) is 5.29. The van der Waals surface area contributed by atoms with E-state index >= 15 is 0 Å². The van der Waals surface area contributed by atoms with E-state index in [1.807, 2.05) is 36.1 Å². The van der Waals surface area contributed by atoms with E-state index in [-0.39, 0.29) is 16.5 Å². The maximum Gasteiger partial charge on any atom is 0.236 e. The number of amides is 1. The Morgan fingerprint density at radius 2 is 1.71 bits per heavy atom. The van der Waals surface area contributed by atoms with E-state index in [0.29, 0.717) is 0 Å². The Hall–Kier alpha value is -1.36. The van der Waals surface area contributed by atoms with Gasteiger partial charge in [0.05, 0.1) is 4.83 Å². The van der Waals surface area contributed by atoms with E-state index in [1.54, 1.807) is 6.92 Å². The second kappa shape index (κ2) is 7.07. The van der Waals surface area contributed by atoms with Crippen LogP contribution in [-0.4, -0.2) is 47.6 Å². The average molecular weight is 353 g/mol. The number of benzene rings is 1. The first kappa shape index (κ1) is 16.0. The molecule has 1 aromatic rings. The molecule has 0 radical (unpaired) electrons. The van der Waals surface area contributed by atoms with Gasteiger partial charge in [-0.25, -0.2) is 0 Å². The fraction of sp³-hybridized carbons (Fsp3) is 0.500. The van der Waals surface area contributed by atoms with E-state index in [2.05, 4.69) is 20.8 Å². The zero-order valence-corrected chi connectivity index (χ0v) is 14.1. The van der Waals surface area contributed by atoms with Gasteiger partial charge < -0.3 is 9.80 Å². The standard InChI is InChI=1S/C16H21BrN2O2/c1-3-15(17)16(21)19-10-8-18(9-11-19)14-6-4-13(5-7-14)12(2)20/h4-7,15H,3,8-11H2,1-2H3. The highest BCUT2D eigenvalue weighted by molar-refractivity contribution is 9.10. The summed E-state index contributed by atoms with van der Waals surface area (Å²) in [4.78, 5) is 27.5. The molecule has 21 heavy (non-hydrogen) atoms. The molecule has 1 heterocycles. The Morgan fingerprint density at radius 3 is 2.19 bits per heavy atom. The van der Waals surface area contributed by atoms with Crippen molar-refractivity contribution in [2.24, 2.45) is 0 Å². The zero-order valence-electron chi connectivity index (χ0n) is 12.5. The van der Waals surface area contributed by atoms with E-state index in [4.69, 9.17) is 0 Å². The first-order chi connectivity index (χ1) is 10.0. The first-order valence-corrected chi connectivity index (χ1v) is 8.23. The van der Waals surface area contributed by atoms with E-state index in [0.717, 1.165) is 43.9 Å². The molecule has 5 heteroatoms. The third-order valence-corrected chi connectivity index (χ3v) is 4.90. The maximum atomic E-state index is 12.1. The van der Waals surface area contributed by atoms with Crippen LogP contribution in [-0.2, 0) is 4.79 Å². The van der Waals surface area contributed by atoms with Crippen molar-refractivity contribution in [3.8, 4) is 0 Å². The van der Waals surface area contributed by atoms with Crippen LogP contribution in [0.2, 0.25) is 0 Å². The average Bonchev–Trinajstić information content (AvgIpc) is 2.53. The van der Waals surface area contributed by atoms with E-state index < -0.39 is 0 Å². The first-order valence-electron chi connectivity index (χ1n) is 7.31. The maximum absolute atomic E-state index is 12.1. The highest BCUT2D eigenvalue weighted by atomic mass is 79.9. The lowest BCUT2D eigenvalue weighted by Crippen LogP contribution is -2.50. The Bertz CT molecular complexity index is 508. The van der Waals surface area contributed by atoms with E-state index in [1.165, 1.54) is 0 Å². The van der Waals surface area contributed by atoms with E-state index in [9.17, 15) is 9.59 Å². The summed E-state index contributed by atoms with van der Waals surface area (Å²) in [5.41, 5.74) is 1.84. The Labute approximate surface area is 134 Å². The van der Waals surface area contributed by atoms with Crippen molar-refractivity contribution in [3.63, 3.8) is 0 Å². The zero-order chi connectivity index (χ0) is 15.4. The molecule has 1 atom stereocenters. The largest absolute Gasteiger partial charge is 0.368 e. The summed E-state index contributed by atoms with van der Waals surface area (Å²) in [5.74, 6) is 0.268. The molecule has 1 unspecified atom stereocenters. The Kier molecular flexibility index (Phi) is 5.39.